The number of carbonyl (C=O) groups is 4. The van der Waals surface area contributed by atoms with E-state index in [0.717, 1.165) is 4.90 Å². The van der Waals surface area contributed by atoms with Crippen LogP contribution in [0.25, 0.3) is 0 Å². The Morgan fingerprint density at radius 1 is 1.08 bits per heavy atom. The number of ketones is 2. The normalized spacial score (nSPS) is 26.5. The Bertz CT molecular complexity index is 299. The molecule has 0 N–H and O–H groups in total. The second-order valence-corrected chi connectivity index (χ2v) is 3.37. The van der Waals surface area contributed by atoms with Gasteiger partial charge in [0.05, 0.1) is 5.92 Å². The van der Waals surface area contributed by atoms with Crippen LogP contribution in [0.4, 0.5) is 0 Å². The van der Waals surface area contributed by atoms with Crippen molar-refractivity contribution in [1.29, 1.82) is 0 Å². The minimum absolute atomic E-state index is 0.550. The summed E-state index contributed by atoms with van der Waals surface area (Å²) in [4.78, 5) is 45.7. The lowest BCUT2D eigenvalue weighted by Gasteiger charge is -2.49. The quantitative estimate of drug-likeness (QED) is 0.346. The lowest BCUT2D eigenvalue weighted by atomic mass is 9.55. The largest absolute Gasteiger partial charge is 0.297 e. The summed E-state index contributed by atoms with van der Waals surface area (Å²) < 4.78 is 0. The third kappa shape index (κ3) is 0.509. The SMILES string of the molecule is CC1C(=O)C2(C1=O)C(=O)N(C)C2=O. The van der Waals surface area contributed by atoms with E-state index in [0.29, 0.717) is 0 Å². The van der Waals surface area contributed by atoms with Crippen molar-refractivity contribution in [3.8, 4) is 0 Å². The van der Waals surface area contributed by atoms with Crippen LogP contribution >= 0.6 is 0 Å². The van der Waals surface area contributed by atoms with Crippen LogP contribution < -0.4 is 0 Å². The Labute approximate surface area is 73.7 Å². The first-order valence-corrected chi connectivity index (χ1v) is 3.87. The molecule has 5 heteroatoms. The lowest BCUT2D eigenvalue weighted by Crippen LogP contribution is -2.79. The van der Waals surface area contributed by atoms with Gasteiger partial charge in [-0.2, -0.15) is 0 Å². The Morgan fingerprint density at radius 2 is 1.46 bits per heavy atom. The molecule has 1 saturated heterocycles. The van der Waals surface area contributed by atoms with Gasteiger partial charge in [-0.3, -0.25) is 24.1 Å². The third-order valence-electron chi connectivity index (χ3n) is 2.78. The fourth-order valence-corrected chi connectivity index (χ4v) is 1.87. The summed E-state index contributed by atoms with van der Waals surface area (Å²) in [6, 6.07) is 0. The molecular weight excluding hydrogens is 174 g/mol. The van der Waals surface area contributed by atoms with Crippen molar-refractivity contribution in [2.75, 3.05) is 7.05 Å². The van der Waals surface area contributed by atoms with Gasteiger partial charge in [0.1, 0.15) is 0 Å². The molecule has 1 spiro atoms. The number of imide groups is 1. The Morgan fingerprint density at radius 3 is 1.85 bits per heavy atom. The van der Waals surface area contributed by atoms with Crippen molar-refractivity contribution in [1.82, 2.24) is 4.90 Å². The van der Waals surface area contributed by atoms with E-state index in [1.165, 1.54) is 14.0 Å². The van der Waals surface area contributed by atoms with E-state index in [2.05, 4.69) is 0 Å². The molecule has 1 aliphatic carbocycles. The monoisotopic (exact) mass is 181 g/mol. The maximum atomic E-state index is 11.3. The fraction of sp³-hybridized carbons (Fsp3) is 0.500. The van der Waals surface area contributed by atoms with Gasteiger partial charge in [0, 0.05) is 7.05 Å². The van der Waals surface area contributed by atoms with Crippen LogP contribution in [-0.4, -0.2) is 35.3 Å². The van der Waals surface area contributed by atoms with Crippen LogP contribution in [0.15, 0.2) is 0 Å². The molecule has 0 bridgehead atoms. The molecule has 1 saturated carbocycles. The number of nitrogens with zero attached hydrogens (tertiary/aromatic N) is 1. The van der Waals surface area contributed by atoms with E-state index in [9.17, 15) is 19.2 Å². The molecule has 2 fully saturated rings. The zero-order valence-corrected chi connectivity index (χ0v) is 7.16. The summed E-state index contributed by atoms with van der Waals surface area (Å²) in [5.74, 6) is -3.24. The lowest BCUT2D eigenvalue weighted by molar-refractivity contribution is -0.188. The third-order valence-corrected chi connectivity index (χ3v) is 2.78. The first-order chi connectivity index (χ1) is 5.95. The average Bonchev–Trinajstić information content (AvgIpc) is 2.16. The van der Waals surface area contributed by atoms with E-state index in [1.54, 1.807) is 0 Å². The maximum absolute atomic E-state index is 11.3. The first-order valence-electron chi connectivity index (χ1n) is 3.87. The molecule has 2 aliphatic rings. The van der Waals surface area contributed by atoms with Gasteiger partial charge in [-0.15, -0.1) is 0 Å². The number of Topliss-reactive ketones (excluding diaryl/α,β-unsaturated/α-hetero) is 2. The van der Waals surface area contributed by atoms with Crippen molar-refractivity contribution in [2.24, 2.45) is 11.3 Å². The van der Waals surface area contributed by atoms with Crippen molar-refractivity contribution < 1.29 is 19.2 Å². The standard InChI is InChI=1S/C8H7NO4/c1-3-4(10)8(5(3)11)6(12)9(2)7(8)13/h3H,1-2H3. The summed E-state index contributed by atoms with van der Waals surface area (Å²) >= 11 is 0. The summed E-state index contributed by atoms with van der Waals surface area (Å²) in [7, 11) is 1.26. The average molecular weight is 181 g/mol. The molecule has 0 atom stereocenters. The van der Waals surface area contributed by atoms with Gasteiger partial charge < -0.3 is 0 Å². The van der Waals surface area contributed by atoms with Crippen LogP contribution in [0.1, 0.15) is 6.92 Å². The van der Waals surface area contributed by atoms with Crippen LogP contribution in [-0.2, 0) is 19.2 Å². The molecule has 1 aliphatic heterocycles. The molecule has 68 valence electrons. The first kappa shape index (κ1) is 8.10. The zero-order chi connectivity index (χ0) is 9.96. The number of rotatable bonds is 0. The Hall–Kier alpha value is -1.52. The van der Waals surface area contributed by atoms with Crippen molar-refractivity contribution in [2.45, 2.75) is 6.92 Å². The van der Waals surface area contributed by atoms with Gasteiger partial charge in [0.2, 0.25) is 5.41 Å². The van der Waals surface area contributed by atoms with Gasteiger partial charge in [-0.1, -0.05) is 0 Å². The molecule has 1 heterocycles. The van der Waals surface area contributed by atoms with Crippen LogP contribution in [0.3, 0.4) is 0 Å². The maximum Gasteiger partial charge on any atom is 0.260 e. The van der Waals surface area contributed by atoms with Gasteiger partial charge in [-0.25, -0.2) is 0 Å². The molecule has 0 aromatic heterocycles. The highest BCUT2D eigenvalue weighted by Gasteiger charge is 2.77. The fourth-order valence-electron chi connectivity index (χ4n) is 1.87. The van der Waals surface area contributed by atoms with Gasteiger partial charge in [0.25, 0.3) is 11.8 Å². The number of hydrogen-bond acceptors (Lipinski definition) is 4. The minimum Gasteiger partial charge on any atom is -0.297 e. The van der Waals surface area contributed by atoms with E-state index >= 15 is 0 Å². The predicted octanol–water partition coefficient (Wildman–Crippen LogP) is -1.24. The molecule has 13 heavy (non-hydrogen) atoms. The highest BCUT2D eigenvalue weighted by Crippen LogP contribution is 2.46. The number of carbonyl (C=O) groups excluding carboxylic acids is 4. The summed E-state index contributed by atoms with van der Waals surface area (Å²) in [5, 5.41) is 0. The zero-order valence-electron chi connectivity index (χ0n) is 7.16. The number of likely N-dealkylation sites (tertiary alicyclic amines) is 1. The van der Waals surface area contributed by atoms with Crippen LogP contribution in [0.2, 0.25) is 0 Å². The highest BCUT2D eigenvalue weighted by atomic mass is 16.2. The second kappa shape index (κ2) is 1.86. The van der Waals surface area contributed by atoms with Crippen molar-refractivity contribution in [3.63, 3.8) is 0 Å². The van der Waals surface area contributed by atoms with Gasteiger partial charge >= 0.3 is 0 Å². The summed E-state index contributed by atoms with van der Waals surface area (Å²) in [6.07, 6.45) is 0. The molecule has 0 unspecified atom stereocenters. The smallest absolute Gasteiger partial charge is 0.260 e. The van der Waals surface area contributed by atoms with E-state index in [4.69, 9.17) is 0 Å². The topological polar surface area (TPSA) is 71.5 Å². The molecule has 5 nitrogen and oxygen atoms in total. The van der Waals surface area contributed by atoms with E-state index < -0.39 is 34.7 Å². The number of β-lactam (4-membered cyclic amide) rings is 2. The van der Waals surface area contributed by atoms with E-state index in [1.807, 2.05) is 0 Å². The molecule has 2 amide bonds. The van der Waals surface area contributed by atoms with Gasteiger partial charge in [-0.05, 0) is 6.92 Å². The second-order valence-electron chi connectivity index (χ2n) is 3.37. The van der Waals surface area contributed by atoms with Crippen LogP contribution in [0.5, 0.6) is 0 Å². The minimum atomic E-state index is -1.91. The summed E-state index contributed by atoms with van der Waals surface area (Å²) in [5.41, 5.74) is -1.91. The molecule has 2 rings (SSSR count). The Kier molecular flexibility index (Phi) is 1.16. The molecule has 0 radical (unpaired) electrons. The van der Waals surface area contributed by atoms with Crippen molar-refractivity contribution in [3.05, 3.63) is 0 Å². The molecule has 0 aromatic rings. The number of amides is 2. The van der Waals surface area contributed by atoms with E-state index in [-0.39, 0.29) is 0 Å². The highest BCUT2D eigenvalue weighted by molar-refractivity contribution is 6.55. The van der Waals surface area contributed by atoms with Gasteiger partial charge in [0.15, 0.2) is 11.6 Å². The predicted molar refractivity (Wildman–Crippen MR) is 39.4 cm³/mol. The van der Waals surface area contributed by atoms with Crippen molar-refractivity contribution >= 4 is 23.4 Å². The number of hydrogen-bond donors (Lipinski definition) is 0. The molecular formula is C8H7NO4. The summed E-state index contributed by atoms with van der Waals surface area (Å²) in [6.45, 7) is 1.41. The van der Waals surface area contributed by atoms with Crippen LogP contribution in [0, 0.1) is 11.3 Å². The molecule has 0 aromatic carbocycles. The Balaban J connectivity index is 2.46.